The van der Waals surface area contributed by atoms with Gasteiger partial charge in [-0.05, 0) is 56.3 Å². The number of thioether (sulfide) groups is 1. The number of aromatic nitrogens is 2. The predicted octanol–water partition coefficient (Wildman–Crippen LogP) is 4.07. The molecule has 8 nitrogen and oxygen atoms in total. The topological polar surface area (TPSA) is 76.9 Å². The molecule has 2 aromatic carbocycles. The first kappa shape index (κ1) is 24.9. The minimum atomic E-state index is -0.340. The standard InChI is InChI=1S/C26H32N4O4S/c1-4-30-23-11-6-19(25(32)34-5-2)18-22(23)27-26(30)35-17-12-24(31)29-15-13-28(14-16-29)20-7-9-21(33-3)10-8-20/h6-11,18H,4-5,12-17H2,1-3H3. The normalized spacial score (nSPS) is 13.8. The number of hydrogen-bond donors (Lipinski definition) is 0. The Labute approximate surface area is 210 Å². The van der Waals surface area contributed by atoms with E-state index in [-0.39, 0.29) is 11.9 Å². The maximum atomic E-state index is 12.8. The number of esters is 1. The van der Waals surface area contributed by atoms with Gasteiger partial charge in [0.1, 0.15) is 5.75 Å². The molecule has 0 atom stereocenters. The van der Waals surface area contributed by atoms with Crippen molar-refractivity contribution in [3.8, 4) is 5.75 Å². The molecule has 35 heavy (non-hydrogen) atoms. The largest absolute Gasteiger partial charge is 0.497 e. The van der Waals surface area contributed by atoms with Crippen LogP contribution < -0.4 is 9.64 Å². The Morgan fingerprint density at radius 1 is 1.03 bits per heavy atom. The summed E-state index contributed by atoms with van der Waals surface area (Å²) in [6.07, 6.45) is 0.466. The number of amides is 1. The lowest BCUT2D eigenvalue weighted by Crippen LogP contribution is -2.48. The molecule has 2 heterocycles. The van der Waals surface area contributed by atoms with Crippen LogP contribution in [0.25, 0.3) is 11.0 Å². The lowest BCUT2D eigenvalue weighted by atomic mass is 10.2. The molecule has 1 saturated heterocycles. The van der Waals surface area contributed by atoms with Crippen molar-refractivity contribution < 1.29 is 19.1 Å². The van der Waals surface area contributed by atoms with Crippen molar-refractivity contribution in [3.63, 3.8) is 0 Å². The van der Waals surface area contributed by atoms with Gasteiger partial charge in [-0.3, -0.25) is 4.79 Å². The lowest BCUT2D eigenvalue weighted by molar-refractivity contribution is -0.131. The first-order chi connectivity index (χ1) is 17.0. The number of nitrogens with zero attached hydrogens (tertiary/aromatic N) is 4. The molecule has 0 N–H and O–H groups in total. The van der Waals surface area contributed by atoms with Crippen LogP contribution >= 0.6 is 11.8 Å². The molecule has 1 aliphatic rings. The quantitative estimate of drug-likeness (QED) is 0.326. The van der Waals surface area contributed by atoms with Crippen LogP contribution in [0.5, 0.6) is 5.75 Å². The SMILES string of the molecule is CCOC(=O)c1ccc2c(c1)nc(SCCC(=O)N1CCN(c3ccc(OC)cc3)CC1)n2CC. The summed E-state index contributed by atoms with van der Waals surface area (Å²) in [4.78, 5) is 33.9. The molecular weight excluding hydrogens is 464 g/mol. The summed E-state index contributed by atoms with van der Waals surface area (Å²) >= 11 is 1.58. The Hall–Kier alpha value is -3.20. The van der Waals surface area contributed by atoms with Crippen molar-refractivity contribution in [2.75, 3.05) is 50.5 Å². The second-order valence-corrected chi connectivity index (χ2v) is 9.29. The highest BCUT2D eigenvalue weighted by Gasteiger charge is 2.21. The van der Waals surface area contributed by atoms with E-state index >= 15 is 0 Å². The van der Waals surface area contributed by atoms with Gasteiger partial charge in [-0.25, -0.2) is 9.78 Å². The molecule has 0 spiro atoms. The third-order valence-electron chi connectivity index (χ3n) is 6.16. The zero-order chi connectivity index (χ0) is 24.8. The molecule has 0 aliphatic carbocycles. The number of benzene rings is 2. The van der Waals surface area contributed by atoms with Crippen molar-refractivity contribution in [3.05, 3.63) is 48.0 Å². The molecule has 0 bridgehead atoms. The van der Waals surface area contributed by atoms with Crippen molar-refractivity contribution in [2.24, 2.45) is 0 Å². The molecule has 0 saturated carbocycles. The molecule has 3 aromatic rings. The zero-order valence-corrected chi connectivity index (χ0v) is 21.3. The number of carbonyl (C=O) groups is 2. The molecule has 0 radical (unpaired) electrons. The smallest absolute Gasteiger partial charge is 0.338 e. The minimum Gasteiger partial charge on any atom is -0.497 e. The third kappa shape index (κ3) is 5.73. The number of imidazole rings is 1. The first-order valence-corrected chi connectivity index (χ1v) is 13.0. The average molecular weight is 497 g/mol. The van der Waals surface area contributed by atoms with Crippen molar-refractivity contribution in [1.29, 1.82) is 0 Å². The van der Waals surface area contributed by atoms with Crippen LogP contribution in [0.4, 0.5) is 5.69 Å². The number of rotatable bonds is 9. The number of anilines is 1. The molecule has 1 aliphatic heterocycles. The maximum Gasteiger partial charge on any atom is 0.338 e. The molecule has 9 heteroatoms. The van der Waals surface area contributed by atoms with Gasteiger partial charge in [0.05, 0.1) is 30.3 Å². The maximum absolute atomic E-state index is 12.8. The highest BCUT2D eigenvalue weighted by atomic mass is 32.2. The van der Waals surface area contributed by atoms with E-state index in [9.17, 15) is 9.59 Å². The summed E-state index contributed by atoms with van der Waals surface area (Å²) < 4.78 is 12.5. The van der Waals surface area contributed by atoms with Crippen LogP contribution in [0.3, 0.4) is 0 Å². The molecule has 4 rings (SSSR count). The molecular formula is C26H32N4O4S. The fourth-order valence-electron chi connectivity index (χ4n) is 4.26. The van der Waals surface area contributed by atoms with E-state index in [4.69, 9.17) is 14.5 Å². The van der Waals surface area contributed by atoms with Crippen LogP contribution in [-0.4, -0.2) is 72.0 Å². The van der Waals surface area contributed by atoms with E-state index < -0.39 is 0 Å². The van der Waals surface area contributed by atoms with Gasteiger partial charge >= 0.3 is 5.97 Å². The number of ether oxygens (including phenoxy) is 2. The van der Waals surface area contributed by atoms with Crippen molar-refractivity contribution in [1.82, 2.24) is 14.5 Å². The van der Waals surface area contributed by atoms with Gasteiger partial charge in [0.15, 0.2) is 5.16 Å². The average Bonchev–Trinajstić information content (AvgIpc) is 3.25. The monoisotopic (exact) mass is 496 g/mol. The van der Waals surface area contributed by atoms with Crippen LogP contribution in [0, 0.1) is 0 Å². The Bertz CT molecular complexity index is 1170. The molecule has 1 aromatic heterocycles. The second-order valence-electron chi connectivity index (χ2n) is 8.23. The number of carbonyl (C=O) groups excluding carboxylic acids is 2. The number of fused-ring (bicyclic) bond motifs is 1. The Morgan fingerprint density at radius 3 is 2.43 bits per heavy atom. The number of aryl methyl sites for hydroxylation is 1. The van der Waals surface area contributed by atoms with Gasteiger partial charge in [-0.1, -0.05) is 11.8 Å². The number of piperazine rings is 1. The Balaban J connectivity index is 1.31. The van der Waals surface area contributed by atoms with Gasteiger partial charge in [-0.2, -0.15) is 0 Å². The van der Waals surface area contributed by atoms with E-state index in [2.05, 4.69) is 28.5 Å². The van der Waals surface area contributed by atoms with E-state index in [0.717, 1.165) is 60.4 Å². The fraction of sp³-hybridized carbons (Fsp3) is 0.423. The molecule has 186 valence electrons. The highest BCUT2D eigenvalue weighted by Crippen LogP contribution is 2.26. The summed E-state index contributed by atoms with van der Waals surface area (Å²) in [6.45, 7) is 8.04. The second kappa shape index (κ2) is 11.5. The van der Waals surface area contributed by atoms with E-state index in [1.54, 1.807) is 37.9 Å². The summed E-state index contributed by atoms with van der Waals surface area (Å²) in [5, 5.41) is 0.862. The van der Waals surface area contributed by atoms with E-state index in [1.807, 2.05) is 23.1 Å². The zero-order valence-electron chi connectivity index (χ0n) is 20.5. The van der Waals surface area contributed by atoms with Crippen LogP contribution in [0.2, 0.25) is 0 Å². The van der Waals surface area contributed by atoms with Crippen molar-refractivity contribution >= 4 is 40.4 Å². The van der Waals surface area contributed by atoms with Gasteiger partial charge in [0.25, 0.3) is 0 Å². The Morgan fingerprint density at radius 2 is 1.77 bits per heavy atom. The Kier molecular flexibility index (Phi) is 8.17. The fourth-order valence-corrected chi connectivity index (χ4v) is 5.27. The van der Waals surface area contributed by atoms with Crippen molar-refractivity contribution in [2.45, 2.75) is 32.0 Å². The molecule has 1 amide bonds. The van der Waals surface area contributed by atoms with Gasteiger partial charge < -0.3 is 23.8 Å². The van der Waals surface area contributed by atoms with Gasteiger partial charge in [0.2, 0.25) is 5.91 Å². The summed E-state index contributed by atoms with van der Waals surface area (Å²) in [7, 11) is 1.66. The summed E-state index contributed by atoms with van der Waals surface area (Å²) in [5.74, 6) is 1.34. The summed E-state index contributed by atoms with van der Waals surface area (Å²) in [6, 6.07) is 13.5. The van der Waals surface area contributed by atoms with Gasteiger partial charge in [-0.15, -0.1) is 0 Å². The van der Waals surface area contributed by atoms with Crippen LogP contribution in [0.15, 0.2) is 47.6 Å². The summed E-state index contributed by atoms with van der Waals surface area (Å²) in [5.41, 5.74) is 3.39. The minimum absolute atomic E-state index is 0.177. The first-order valence-electron chi connectivity index (χ1n) is 12.0. The third-order valence-corrected chi connectivity index (χ3v) is 7.14. The lowest BCUT2D eigenvalue weighted by Gasteiger charge is -2.36. The van der Waals surface area contributed by atoms with E-state index in [0.29, 0.717) is 24.3 Å². The number of methoxy groups -OCH3 is 1. The van der Waals surface area contributed by atoms with E-state index in [1.165, 1.54) is 0 Å². The highest BCUT2D eigenvalue weighted by molar-refractivity contribution is 7.99. The molecule has 0 unspecified atom stereocenters. The number of hydrogen-bond acceptors (Lipinski definition) is 7. The van der Waals surface area contributed by atoms with Gasteiger partial charge in [0, 0.05) is 50.6 Å². The predicted molar refractivity (Wildman–Crippen MR) is 138 cm³/mol. The van der Waals surface area contributed by atoms with Crippen LogP contribution in [0.1, 0.15) is 30.6 Å². The molecule has 1 fully saturated rings. The van der Waals surface area contributed by atoms with Crippen LogP contribution in [-0.2, 0) is 16.1 Å².